The molecule has 2 heteroatoms. The highest BCUT2D eigenvalue weighted by Crippen LogP contribution is 2.15. The fourth-order valence-corrected chi connectivity index (χ4v) is 1.67. The number of rotatable bonds is 4. The van der Waals surface area contributed by atoms with Crippen LogP contribution in [0.3, 0.4) is 0 Å². The summed E-state index contributed by atoms with van der Waals surface area (Å²) in [5.41, 5.74) is 9.31. The van der Waals surface area contributed by atoms with E-state index >= 15 is 0 Å². The lowest BCUT2D eigenvalue weighted by Crippen LogP contribution is -2.20. The van der Waals surface area contributed by atoms with Crippen LogP contribution in [0.5, 0.6) is 0 Å². The van der Waals surface area contributed by atoms with E-state index in [9.17, 15) is 5.11 Å². The van der Waals surface area contributed by atoms with E-state index in [1.807, 2.05) is 0 Å². The van der Waals surface area contributed by atoms with Crippen LogP contribution in [0, 0.1) is 13.8 Å². The second-order valence-corrected chi connectivity index (χ2v) is 3.80. The van der Waals surface area contributed by atoms with Gasteiger partial charge in [-0.05, 0) is 43.4 Å². The van der Waals surface area contributed by atoms with Crippen LogP contribution in [0.15, 0.2) is 18.2 Å². The van der Waals surface area contributed by atoms with E-state index in [0.717, 1.165) is 12.8 Å². The first-order valence-corrected chi connectivity index (χ1v) is 5.08. The van der Waals surface area contributed by atoms with E-state index in [-0.39, 0.29) is 6.10 Å². The van der Waals surface area contributed by atoms with E-state index in [4.69, 9.17) is 5.73 Å². The van der Waals surface area contributed by atoms with Crippen LogP contribution in [0.1, 0.15) is 23.1 Å². The Morgan fingerprint density at radius 2 is 1.86 bits per heavy atom. The molecule has 0 heterocycles. The lowest BCUT2D eigenvalue weighted by molar-refractivity contribution is 0.173. The predicted octanol–water partition coefficient (Wildman–Crippen LogP) is 1.56. The maximum Gasteiger partial charge on any atom is 0.0665 e. The summed E-state index contributed by atoms with van der Waals surface area (Å²) in [6, 6.07) is 6.28. The molecule has 0 bridgehead atoms. The molecule has 2 nitrogen and oxygen atoms in total. The van der Waals surface area contributed by atoms with Gasteiger partial charge in [0.2, 0.25) is 0 Å². The molecule has 0 saturated carbocycles. The topological polar surface area (TPSA) is 46.2 Å². The molecule has 78 valence electrons. The van der Waals surface area contributed by atoms with Gasteiger partial charge in [-0.1, -0.05) is 18.2 Å². The average Bonchev–Trinajstić information content (AvgIpc) is 2.16. The summed E-state index contributed by atoms with van der Waals surface area (Å²) in [5, 5.41) is 9.38. The molecular weight excluding hydrogens is 174 g/mol. The molecule has 1 rings (SSSR count). The largest absolute Gasteiger partial charge is 0.392 e. The number of hydrogen-bond acceptors (Lipinski definition) is 2. The quantitative estimate of drug-likeness (QED) is 0.762. The normalized spacial score (nSPS) is 12.9. The first-order valence-electron chi connectivity index (χ1n) is 5.08. The van der Waals surface area contributed by atoms with E-state index in [1.54, 1.807) is 0 Å². The zero-order chi connectivity index (χ0) is 10.6. The molecule has 1 aromatic carbocycles. The Morgan fingerprint density at radius 1 is 1.29 bits per heavy atom. The van der Waals surface area contributed by atoms with Gasteiger partial charge in [-0.2, -0.15) is 0 Å². The molecule has 0 spiro atoms. The van der Waals surface area contributed by atoms with Crippen molar-refractivity contribution >= 4 is 0 Å². The van der Waals surface area contributed by atoms with Crippen LogP contribution in [-0.4, -0.2) is 17.8 Å². The van der Waals surface area contributed by atoms with Crippen molar-refractivity contribution in [1.29, 1.82) is 0 Å². The van der Waals surface area contributed by atoms with Crippen LogP contribution >= 0.6 is 0 Å². The molecule has 0 amide bonds. The van der Waals surface area contributed by atoms with E-state index in [1.165, 1.54) is 16.7 Å². The zero-order valence-electron chi connectivity index (χ0n) is 8.96. The van der Waals surface area contributed by atoms with Crippen LogP contribution in [0.4, 0.5) is 0 Å². The van der Waals surface area contributed by atoms with E-state index in [2.05, 4.69) is 32.0 Å². The third-order valence-corrected chi connectivity index (χ3v) is 2.64. The Hall–Kier alpha value is -0.860. The standard InChI is InChI=1S/C12H19NO/c1-9-4-3-5-10(2)12(9)7-6-11(14)8-13/h3-5,11,14H,6-8,13H2,1-2H3. The fraction of sp³-hybridized carbons (Fsp3) is 0.500. The number of hydrogen-bond donors (Lipinski definition) is 2. The Labute approximate surface area is 85.8 Å². The lowest BCUT2D eigenvalue weighted by Gasteiger charge is -2.11. The maximum absolute atomic E-state index is 9.38. The highest BCUT2D eigenvalue weighted by molar-refractivity contribution is 5.33. The molecule has 0 aliphatic heterocycles. The molecule has 0 saturated heterocycles. The smallest absolute Gasteiger partial charge is 0.0665 e. The van der Waals surface area contributed by atoms with E-state index in [0.29, 0.717) is 6.54 Å². The van der Waals surface area contributed by atoms with E-state index < -0.39 is 0 Å². The summed E-state index contributed by atoms with van der Waals surface area (Å²) < 4.78 is 0. The minimum absolute atomic E-state index is 0.352. The predicted molar refractivity (Wildman–Crippen MR) is 59.3 cm³/mol. The van der Waals surface area contributed by atoms with Crippen molar-refractivity contribution in [2.24, 2.45) is 5.73 Å². The summed E-state index contributed by atoms with van der Waals surface area (Å²) in [6.45, 7) is 4.57. The molecule has 0 fully saturated rings. The first kappa shape index (κ1) is 11.2. The molecule has 0 aliphatic carbocycles. The van der Waals surface area contributed by atoms with Crippen LogP contribution in [0.25, 0.3) is 0 Å². The molecular formula is C12H19NO. The number of benzene rings is 1. The molecule has 3 N–H and O–H groups in total. The molecule has 14 heavy (non-hydrogen) atoms. The summed E-state index contributed by atoms with van der Waals surface area (Å²) in [5.74, 6) is 0. The number of aliphatic hydroxyl groups excluding tert-OH is 1. The lowest BCUT2D eigenvalue weighted by atomic mass is 9.97. The summed E-state index contributed by atoms with van der Waals surface area (Å²) in [4.78, 5) is 0. The van der Waals surface area contributed by atoms with Gasteiger partial charge in [0.25, 0.3) is 0 Å². The minimum Gasteiger partial charge on any atom is -0.392 e. The van der Waals surface area contributed by atoms with Crippen molar-refractivity contribution < 1.29 is 5.11 Å². The maximum atomic E-state index is 9.38. The second-order valence-electron chi connectivity index (χ2n) is 3.80. The highest BCUT2D eigenvalue weighted by atomic mass is 16.3. The third-order valence-electron chi connectivity index (χ3n) is 2.64. The number of aryl methyl sites for hydroxylation is 2. The van der Waals surface area contributed by atoms with Gasteiger partial charge in [0, 0.05) is 6.54 Å². The Balaban J connectivity index is 2.66. The molecule has 0 aliphatic rings. The van der Waals surface area contributed by atoms with Crippen LogP contribution in [0.2, 0.25) is 0 Å². The van der Waals surface area contributed by atoms with Gasteiger partial charge in [0.15, 0.2) is 0 Å². The van der Waals surface area contributed by atoms with Crippen molar-refractivity contribution in [3.63, 3.8) is 0 Å². The highest BCUT2D eigenvalue weighted by Gasteiger charge is 2.05. The Kier molecular flexibility index (Phi) is 4.11. The monoisotopic (exact) mass is 193 g/mol. The molecule has 0 aromatic heterocycles. The number of aliphatic hydroxyl groups is 1. The zero-order valence-corrected chi connectivity index (χ0v) is 8.96. The van der Waals surface area contributed by atoms with Gasteiger partial charge in [0.05, 0.1) is 6.10 Å². The third kappa shape index (κ3) is 2.82. The summed E-state index contributed by atoms with van der Waals surface area (Å²) in [7, 11) is 0. The van der Waals surface area contributed by atoms with Gasteiger partial charge >= 0.3 is 0 Å². The van der Waals surface area contributed by atoms with Gasteiger partial charge in [-0.25, -0.2) is 0 Å². The van der Waals surface area contributed by atoms with Crippen LogP contribution < -0.4 is 5.73 Å². The summed E-state index contributed by atoms with van der Waals surface area (Å²) >= 11 is 0. The molecule has 0 radical (unpaired) electrons. The van der Waals surface area contributed by atoms with Crippen molar-refractivity contribution in [3.8, 4) is 0 Å². The molecule has 1 unspecified atom stereocenters. The van der Waals surface area contributed by atoms with Gasteiger partial charge in [0.1, 0.15) is 0 Å². The van der Waals surface area contributed by atoms with Crippen molar-refractivity contribution in [1.82, 2.24) is 0 Å². The van der Waals surface area contributed by atoms with Gasteiger partial charge in [-0.15, -0.1) is 0 Å². The molecule has 1 atom stereocenters. The Morgan fingerprint density at radius 3 is 2.36 bits per heavy atom. The van der Waals surface area contributed by atoms with Gasteiger partial charge < -0.3 is 10.8 Å². The van der Waals surface area contributed by atoms with Crippen LogP contribution in [-0.2, 0) is 6.42 Å². The molecule has 1 aromatic rings. The number of nitrogens with two attached hydrogens (primary N) is 1. The summed E-state index contributed by atoms with van der Waals surface area (Å²) in [6.07, 6.45) is 1.30. The van der Waals surface area contributed by atoms with Gasteiger partial charge in [-0.3, -0.25) is 0 Å². The average molecular weight is 193 g/mol. The second kappa shape index (κ2) is 5.13. The van der Waals surface area contributed by atoms with Crippen molar-refractivity contribution in [3.05, 3.63) is 34.9 Å². The minimum atomic E-state index is -0.367. The first-order chi connectivity index (χ1) is 6.65. The van der Waals surface area contributed by atoms with Crippen molar-refractivity contribution in [2.45, 2.75) is 32.8 Å². The van der Waals surface area contributed by atoms with Crippen molar-refractivity contribution in [2.75, 3.05) is 6.54 Å². The SMILES string of the molecule is Cc1cccc(C)c1CCC(O)CN. The fourth-order valence-electron chi connectivity index (χ4n) is 1.67. The Bertz CT molecular complexity index is 276.